The molecule has 0 saturated carbocycles. The Morgan fingerprint density at radius 1 is 1.12 bits per heavy atom. The molecule has 1 aliphatic heterocycles. The summed E-state index contributed by atoms with van der Waals surface area (Å²) < 4.78 is 2.20. The third kappa shape index (κ3) is 2.74. The fourth-order valence-corrected chi connectivity index (χ4v) is 5.54. The van der Waals surface area contributed by atoms with Gasteiger partial charge in [0.1, 0.15) is 16.3 Å². The van der Waals surface area contributed by atoms with Crippen molar-refractivity contribution in [1.29, 1.82) is 0 Å². The van der Waals surface area contributed by atoms with Crippen LogP contribution >= 0.6 is 22.9 Å². The van der Waals surface area contributed by atoms with Gasteiger partial charge in [-0.15, -0.1) is 11.3 Å². The van der Waals surface area contributed by atoms with Crippen molar-refractivity contribution < 1.29 is 0 Å². The summed E-state index contributed by atoms with van der Waals surface area (Å²) in [5, 5.41) is 6.31. The third-order valence-corrected chi connectivity index (χ3v) is 7.03. The second-order valence-corrected chi connectivity index (χ2v) is 8.48. The summed E-state index contributed by atoms with van der Waals surface area (Å²) in [6, 6.07) is 0. The fraction of sp³-hybridized carbons (Fsp3) is 0.500. The van der Waals surface area contributed by atoms with E-state index in [1.54, 1.807) is 17.7 Å². The molecule has 5 rings (SSSR count). The minimum Gasteiger partial charge on any atom is -0.304 e. The summed E-state index contributed by atoms with van der Waals surface area (Å²) in [4.78, 5) is 15.8. The highest BCUT2D eigenvalue weighted by Gasteiger charge is 2.26. The monoisotopic (exact) mass is 388 g/mol. The third-order valence-electron chi connectivity index (χ3n) is 5.57. The van der Waals surface area contributed by atoms with E-state index < -0.39 is 0 Å². The van der Waals surface area contributed by atoms with E-state index in [2.05, 4.69) is 31.5 Å². The topological polar surface area (TPSA) is 50.1 Å². The quantitative estimate of drug-likeness (QED) is 0.645. The zero-order valence-corrected chi connectivity index (χ0v) is 16.4. The summed E-state index contributed by atoms with van der Waals surface area (Å²) in [6.45, 7) is 6.64. The molecule has 26 heavy (non-hydrogen) atoms. The maximum atomic E-state index is 6.34. The number of thiophene rings is 1. The highest BCUT2D eigenvalue weighted by Crippen LogP contribution is 2.44. The van der Waals surface area contributed by atoms with E-state index in [4.69, 9.17) is 16.7 Å². The number of nitrogens with zero attached hydrogens (tertiary/aromatic N) is 6. The zero-order valence-electron chi connectivity index (χ0n) is 14.8. The van der Waals surface area contributed by atoms with E-state index in [9.17, 15) is 0 Å². The normalized spacial score (nSPS) is 18.2. The van der Waals surface area contributed by atoms with E-state index in [0.29, 0.717) is 5.15 Å². The average molecular weight is 389 g/mol. The molecule has 0 amide bonds. The molecule has 8 heteroatoms. The van der Waals surface area contributed by atoms with Gasteiger partial charge in [-0.05, 0) is 25.5 Å². The number of hydrogen-bond donors (Lipinski definition) is 0. The summed E-state index contributed by atoms with van der Waals surface area (Å²) in [5.74, 6) is 0. The average Bonchev–Trinajstić information content (AvgIpc) is 3.22. The SMILES string of the molecule is CN1CCN(CCn2ncc3c2CCc2c-3sc3ncnc(Cl)c23)CC1. The lowest BCUT2D eigenvalue weighted by Gasteiger charge is -2.32. The Morgan fingerprint density at radius 3 is 2.81 bits per heavy atom. The van der Waals surface area contributed by atoms with Crippen LogP contribution < -0.4 is 0 Å². The van der Waals surface area contributed by atoms with Gasteiger partial charge in [-0.3, -0.25) is 9.58 Å². The van der Waals surface area contributed by atoms with Crippen molar-refractivity contribution in [3.05, 3.63) is 28.9 Å². The summed E-state index contributed by atoms with van der Waals surface area (Å²) in [6.07, 6.45) is 5.55. The van der Waals surface area contributed by atoms with Gasteiger partial charge in [0, 0.05) is 48.9 Å². The van der Waals surface area contributed by atoms with E-state index in [1.165, 1.54) is 21.7 Å². The molecule has 0 spiro atoms. The van der Waals surface area contributed by atoms with Crippen LogP contribution in [0, 0.1) is 0 Å². The lowest BCUT2D eigenvalue weighted by atomic mass is 9.95. The van der Waals surface area contributed by atoms with Gasteiger partial charge in [0.15, 0.2) is 0 Å². The molecule has 4 heterocycles. The van der Waals surface area contributed by atoms with Crippen LogP contribution in [0.2, 0.25) is 5.15 Å². The fourth-order valence-electron chi connectivity index (χ4n) is 4.02. The second-order valence-electron chi connectivity index (χ2n) is 7.13. The van der Waals surface area contributed by atoms with Crippen LogP contribution in [0.4, 0.5) is 0 Å². The van der Waals surface area contributed by atoms with Gasteiger partial charge in [-0.1, -0.05) is 11.6 Å². The standard InChI is InChI=1S/C18H21ClN6S/c1-23-4-6-24(7-5-23)8-9-25-14-3-2-12-15-17(19)20-11-21-18(15)26-16(12)13(14)10-22-25/h10-11H,2-9H2,1H3. The number of fused-ring (bicyclic) bond motifs is 5. The Bertz CT molecular complexity index is 956. The number of piperazine rings is 1. The van der Waals surface area contributed by atoms with Crippen LogP contribution in [0.15, 0.2) is 12.5 Å². The van der Waals surface area contributed by atoms with Gasteiger partial charge in [0.05, 0.1) is 18.1 Å². The Balaban J connectivity index is 1.41. The molecule has 3 aromatic rings. The van der Waals surface area contributed by atoms with Gasteiger partial charge in [-0.2, -0.15) is 5.10 Å². The van der Waals surface area contributed by atoms with Crippen LogP contribution in [-0.4, -0.2) is 69.3 Å². The highest BCUT2D eigenvalue weighted by atomic mass is 35.5. The van der Waals surface area contributed by atoms with Crippen LogP contribution in [0.3, 0.4) is 0 Å². The number of halogens is 1. The minimum atomic E-state index is 0.568. The first-order valence-electron chi connectivity index (χ1n) is 9.08. The molecule has 1 saturated heterocycles. The Kier molecular flexibility index (Phi) is 4.20. The molecule has 3 aromatic heterocycles. The molecule has 0 radical (unpaired) electrons. The van der Waals surface area contributed by atoms with Gasteiger partial charge < -0.3 is 4.90 Å². The van der Waals surface area contributed by atoms with Crippen molar-refractivity contribution in [2.45, 2.75) is 19.4 Å². The van der Waals surface area contributed by atoms with Crippen molar-refractivity contribution >= 4 is 33.2 Å². The van der Waals surface area contributed by atoms with Gasteiger partial charge in [-0.25, -0.2) is 9.97 Å². The van der Waals surface area contributed by atoms with E-state index in [1.807, 2.05) is 6.20 Å². The number of aryl methyl sites for hydroxylation is 1. The highest BCUT2D eigenvalue weighted by molar-refractivity contribution is 7.22. The molecular formula is C18H21ClN6S. The van der Waals surface area contributed by atoms with Crippen LogP contribution in [0.25, 0.3) is 20.7 Å². The molecule has 6 nitrogen and oxygen atoms in total. The summed E-state index contributed by atoms with van der Waals surface area (Å²) in [5.41, 5.74) is 3.90. The minimum absolute atomic E-state index is 0.568. The van der Waals surface area contributed by atoms with Crippen molar-refractivity contribution in [2.75, 3.05) is 39.8 Å². The molecule has 136 valence electrons. The number of likely N-dealkylation sites (N-methyl/N-ethyl adjacent to an activating group) is 1. The molecule has 2 aliphatic rings. The first kappa shape index (κ1) is 16.6. The van der Waals surface area contributed by atoms with Crippen LogP contribution in [-0.2, 0) is 19.4 Å². The number of rotatable bonds is 3. The molecule has 0 N–H and O–H groups in total. The largest absolute Gasteiger partial charge is 0.304 e. The van der Waals surface area contributed by atoms with Gasteiger partial charge >= 0.3 is 0 Å². The van der Waals surface area contributed by atoms with Gasteiger partial charge in [0.25, 0.3) is 0 Å². The second kappa shape index (κ2) is 6.56. The Hall–Kier alpha value is -1.54. The zero-order chi connectivity index (χ0) is 17.7. The number of hydrogen-bond acceptors (Lipinski definition) is 6. The van der Waals surface area contributed by atoms with Crippen LogP contribution in [0.1, 0.15) is 11.3 Å². The molecule has 0 atom stereocenters. The predicted octanol–water partition coefficient (Wildman–Crippen LogP) is 2.55. The molecule has 0 bridgehead atoms. The van der Waals surface area contributed by atoms with Crippen LogP contribution in [0.5, 0.6) is 0 Å². The maximum absolute atomic E-state index is 6.34. The first-order chi connectivity index (χ1) is 12.7. The maximum Gasteiger partial charge on any atom is 0.141 e. The molecular weight excluding hydrogens is 368 g/mol. The van der Waals surface area contributed by atoms with E-state index >= 15 is 0 Å². The Labute approximate surface area is 161 Å². The smallest absolute Gasteiger partial charge is 0.141 e. The van der Waals surface area contributed by atoms with Crippen molar-refractivity contribution in [3.63, 3.8) is 0 Å². The predicted molar refractivity (Wildman–Crippen MR) is 105 cm³/mol. The lowest BCUT2D eigenvalue weighted by molar-refractivity contribution is 0.148. The van der Waals surface area contributed by atoms with Crippen molar-refractivity contribution in [2.24, 2.45) is 0 Å². The molecule has 1 fully saturated rings. The number of aromatic nitrogens is 4. The molecule has 0 aromatic carbocycles. The van der Waals surface area contributed by atoms with E-state index in [-0.39, 0.29) is 0 Å². The van der Waals surface area contributed by atoms with E-state index in [0.717, 1.165) is 62.3 Å². The summed E-state index contributed by atoms with van der Waals surface area (Å²) in [7, 11) is 2.19. The lowest BCUT2D eigenvalue weighted by Crippen LogP contribution is -2.45. The molecule has 1 aliphatic carbocycles. The van der Waals surface area contributed by atoms with Crippen molar-refractivity contribution in [1.82, 2.24) is 29.5 Å². The van der Waals surface area contributed by atoms with Crippen molar-refractivity contribution in [3.8, 4) is 10.4 Å². The molecule has 0 unspecified atom stereocenters. The first-order valence-corrected chi connectivity index (χ1v) is 10.3. The van der Waals surface area contributed by atoms with Gasteiger partial charge in [0.2, 0.25) is 0 Å². The summed E-state index contributed by atoms with van der Waals surface area (Å²) >= 11 is 8.05. The Morgan fingerprint density at radius 2 is 1.96 bits per heavy atom.